The Hall–Kier alpha value is -3.67. The molecule has 6 heteroatoms. The Labute approximate surface area is 225 Å². The first-order chi connectivity index (χ1) is 18.2. The predicted octanol–water partition coefficient (Wildman–Crippen LogP) is 7.43. The van der Waals surface area contributed by atoms with Crippen LogP contribution >= 0.6 is 0 Å². The van der Waals surface area contributed by atoms with Crippen LogP contribution in [0.2, 0.25) is 0 Å². The van der Waals surface area contributed by atoms with Crippen molar-refractivity contribution in [1.82, 2.24) is 24.8 Å². The van der Waals surface area contributed by atoms with Crippen LogP contribution in [0, 0.1) is 11.3 Å². The number of hydrogen-bond donors (Lipinski definition) is 2. The van der Waals surface area contributed by atoms with Gasteiger partial charge < -0.3 is 14.9 Å². The molecule has 0 bridgehead atoms. The first-order valence-corrected chi connectivity index (χ1v) is 13.8. The molecular formula is C32H39N5O. The fourth-order valence-corrected chi connectivity index (χ4v) is 5.25. The molecule has 198 valence electrons. The van der Waals surface area contributed by atoms with E-state index in [0.29, 0.717) is 12.3 Å². The molecule has 1 aliphatic heterocycles. The third-order valence-corrected chi connectivity index (χ3v) is 7.12. The number of aromatic nitrogens is 4. The molecule has 3 heterocycles. The second-order valence-corrected chi connectivity index (χ2v) is 12.2. The molecule has 1 amide bonds. The van der Waals surface area contributed by atoms with E-state index in [4.69, 9.17) is 0 Å². The lowest BCUT2D eigenvalue weighted by atomic mass is 9.92. The maximum Gasteiger partial charge on any atom is 0.223 e. The lowest BCUT2D eigenvalue weighted by Gasteiger charge is -2.24. The first-order valence-electron chi connectivity index (χ1n) is 13.8. The van der Waals surface area contributed by atoms with E-state index in [1.165, 1.54) is 11.1 Å². The van der Waals surface area contributed by atoms with Crippen LogP contribution in [0.15, 0.2) is 60.9 Å². The number of nitrogens with zero attached hydrogens (tertiary/aromatic N) is 3. The van der Waals surface area contributed by atoms with E-state index < -0.39 is 0 Å². The number of hydrogen-bond acceptors (Lipinski definition) is 3. The molecule has 2 aromatic heterocycles. The van der Waals surface area contributed by atoms with Gasteiger partial charge in [0.1, 0.15) is 11.6 Å². The molecule has 1 atom stereocenters. The monoisotopic (exact) mass is 509 g/mol. The quantitative estimate of drug-likeness (QED) is 0.272. The Kier molecular flexibility index (Phi) is 7.24. The average Bonchev–Trinajstić information content (AvgIpc) is 3.63. The number of benzene rings is 2. The Balaban J connectivity index is 1.27. The molecule has 1 unspecified atom stereocenters. The van der Waals surface area contributed by atoms with Gasteiger partial charge in [0.2, 0.25) is 5.91 Å². The van der Waals surface area contributed by atoms with Gasteiger partial charge in [0.05, 0.1) is 29.8 Å². The highest BCUT2D eigenvalue weighted by Gasteiger charge is 2.32. The summed E-state index contributed by atoms with van der Waals surface area (Å²) in [6, 6.07) is 17.2. The maximum absolute atomic E-state index is 12.7. The Morgan fingerprint density at radius 3 is 2.03 bits per heavy atom. The molecule has 1 aliphatic rings. The molecule has 1 fully saturated rings. The topological polar surface area (TPSA) is 77.7 Å². The van der Waals surface area contributed by atoms with Gasteiger partial charge in [-0.25, -0.2) is 9.97 Å². The molecule has 6 nitrogen and oxygen atoms in total. The predicted molar refractivity (Wildman–Crippen MR) is 153 cm³/mol. The molecule has 0 saturated carbocycles. The van der Waals surface area contributed by atoms with E-state index >= 15 is 0 Å². The van der Waals surface area contributed by atoms with Gasteiger partial charge in [0.25, 0.3) is 0 Å². The van der Waals surface area contributed by atoms with Crippen molar-refractivity contribution < 1.29 is 4.79 Å². The summed E-state index contributed by atoms with van der Waals surface area (Å²) in [6.07, 6.45) is 7.31. The van der Waals surface area contributed by atoms with Crippen LogP contribution in [0.25, 0.3) is 33.6 Å². The van der Waals surface area contributed by atoms with Crippen molar-refractivity contribution in [3.8, 4) is 33.6 Å². The third-order valence-electron chi connectivity index (χ3n) is 7.12. The van der Waals surface area contributed by atoms with Crippen molar-refractivity contribution in [3.63, 3.8) is 0 Å². The van der Waals surface area contributed by atoms with E-state index in [9.17, 15) is 4.79 Å². The molecule has 2 N–H and O–H groups in total. The molecule has 0 radical (unpaired) electrons. The van der Waals surface area contributed by atoms with Crippen LogP contribution in [0.5, 0.6) is 0 Å². The summed E-state index contributed by atoms with van der Waals surface area (Å²) in [6.45, 7) is 11.7. The zero-order valence-corrected chi connectivity index (χ0v) is 23.2. The van der Waals surface area contributed by atoms with E-state index in [2.05, 4.69) is 103 Å². The number of likely N-dealkylation sites (tertiary alicyclic amines) is 1. The number of carbonyl (C=O) groups excluding carboxylic acids is 1. The minimum absolute atomic E-state index is 0.0483. The molecule has 0 aliphatic carbocycles. The van der Waals surface area contributed by atoms with Crippen LogP contribution < -0.4 is 0 Å². The number of aromatic amines is 2. The second kappa shape index (κ2) is 10.6. The van der Waals surface area contributed by atoms with Crippen molar-refractivity contribution in [2.45, 2.75) is 66.3 Å². The summed E-state index contributed by atoms with van der Waals surface area (Å²) < 4.78 is 0. The molecule has 2 aromatic carbocycles. The van der Waals surface area contributed by atoms with Crippen molar-refractivity contribution in [2.24, 2.45) is 11.3 Å². The Morgan fingerprint density at radius 1 is 0.895 bits per heavy atom. The molecule has 4 aromatic rings. The van der Waals surface area contributed by atoms with Crippen LogP contribution in [0.3, 0.4) is 0 Å². The summed E-state index contributed by atoms with van der Waals surface area (Å²) >= 11 is 0. The van der Waals surface area contributed by atoms with Gasteiger partial charge in [-0.15, -0.1) is 0 Å². The van der Waals surface area contributed by atoms with E-state index in [0.717, 1.165) is 60.0 Å². The fraction of sp³-hybridized carbons (Fsp3) is 0.406. The highest BCUT2D eigenvalue weighted by molar-refractivity contribution is 5.77. The number of H-pyrrole nitrogens is 2. The lowest BCUT2D eigenvalue weighted by Crippen LogP contribution is -2.31. The molecule has 38 heavy (non-hydrogen) atoms. The summed E-state index contributed by atoms with van der Waals surface area (Å²) in [7, 11) is 0. The summed E-state index contributed by atoms with van der Waals surface area (Å²) in [5, 5.41) is 0. The van der Waals surface area contributed by atoms with E-state index in [-0.39, 0.29) is 17.4 Å². The minimum atomic E-state index is 0.0483. The standard InChI is InChI=1S/C32H39N5O/c1-21(2)17-30(38)37-16-6-7-28(37)31-34-20-27(36-31)25-14-10-23(11-15-25)22-8-12-24(13-9-22)26-19-33-29(35-26)18-32(3,4)5/h8-15,19-21,28H,6-7,16-18H2,1-5H3,(H,33,35)(H,34,36). The van der Waals surface area contributed by atoms with Gasteiger partial charge in [-0.05, 0) is 46.4 Å². The third kappa shape index (κ3) is 5.90. The molecule has 1 saturated heterocycles. The Morgan fingerprint density at radius 2 is 1.45 bits per heavy atom. The highest BCUT2D eigenvalue weighted by atomic mass is 16.2. The fourth-order valence-electron chi connectivity index (χ4n) is 5.25. The first kappa shape index (κ1) is 26.0. The normalized spacial score (nSPS) is 15.9. The van der Waals surface area contributed by atoms with Gasteiger partial charge >= 0.3 is 0 Å². The van der Waals surface area contributed by atoms with Crippen molar-refractivity contribution in [1.29, 1.82) is 0 Å². The number of nitrogens with one attached hydrogen (secondary N) is 2. The number of rotatable bonds is 7. The number of imidazole rings is 2. The zero-order valence-electron chi connectivity index (χ0n) is 23.2. The highest BCUT2D eigenvalue weighted by Crippen LogP contribution is 2.33. The van der Waals surface area contributed by atoms with E-state index in [1.807, 2.05) is 17.3 Å². The van der Waals surface area contributed by atoms with Gasteiger partial charge in [-0.3, -0.25) is 4.79 Å². The molecule has 0 spiro atoms. The molecule has 5 rings (SSSR count). The number of carbonyl (C=O) groups is 1. The second-order valence-electron chi connectivity index (χ2n) is 12.2. The van der Waals surface area contributed by atoms with Crippen LogP contribution in [-0.4, -0.2) is 37.3 Å². The van der Waals surface area contributed by atoms with Gasteiger partial charge in [0, 0.05) is 19.4 Å². The lowest BCUT2D eigenvalue weighted by molar-refractivity contribution is -0.133. The zero-order chi connectivity index (χ0) is 26.9. The summed E-state index contributed by atoms with van der Waals surface area (Å²) in [5.74, 6) is 2.51. The Bertz CT molecular complexity index is 1370. The van der Waals surface area contributed by atoms with Crippen LogP contribution in [0.1, 0.15) is 71.6 Å². The SMILES string of the molecule is CC(C)CC(=O)N1CCCC1c1ncc(-c2ccc(-c3ccc(-c4cnc(CC(C)(C)C)[nH]4)cc3)cc2)[nH]1. The number of amides is 1. The van der Waals surface area contributed by atoms with E-state index in [1.54, 1.807) is 0 Å². The smallest absolute Gasteiger partial charge is 0.223 e. The molecular weight excluding hydrogens is 470 g/mol. The largest absolute Gasteiger partial charge is 0.342 e. The average molecular weight is 510 g/mol. The van der Waals surface area contributed by atoms with Gasteiger partial charge in [0.15, 0.2) is 0 Å². The minimum Gasteiger partial charge on any atom is -0.342 e. The maximum atomic E-state index is 12.7. The van der Waals surface area contributed by atoms with Crippen LogP contribution in [-0.2, 0) is 11.2 Å². The summed E-state index contributed by atoms with van der Waals surface area (Å²) in [5.41, 5.74) is 6.79. The van der Waals surface area contributed by atoms with Gasteiger partial charge in [-0.2, -0.15) is 0 Å². The van der Waals surface area contributed by atoms with Gasteiger partial charge in [-0.1, -0.05) is 83.1 Å². The summed E-state index contributed by atoms with van der Waals surface area (Å²) in [4.78, 5) is 30.9. The van der Waals surface area contributed by atoms with Crippen molar-refractivity contribution in [2.75, 3.05) is 6.54 Å². The van der Waals surface area contributed by atoms with Crippen LogP contribution in [0.4, 0.5) is 0 Å². The van der Waals surface area contributed by atoms with Crippen molar-refractivity contribution >= 4 is 5.91 Å². The van der Waals surface area contributed by atoms with Crippen molar-refractivity contribution in [3.05, 3.63) is 72.6 Å².